The van der Waals surface area contributed by atoms with Gasteiger partial charge in [-0.05, 0) is 42.4 Å². The molecule has 2 aliphatic heterocycles. The summed E-state index contributed by atoms with van der Waals surface area (Å²) in [5.74, 6) is 1.11. The van der Waals surface area contributed by atoms with Gasteiger partial charge < -0.3 is 9.80 Å². The number of carbonyl (C=O) groups is 2. The first-order chi connectivity index (χ1) is 14.2. The number of piperidine rings is 1. The van der Waals surface area contributed by atoms with Crippen LogP contribution in [-0.2, 0) is 16.1 Å². The van der Waals surface area contributed by atoms with Gasteiger partial charge in [0.15, 0.2) is 0 Å². The minimum atomic E-state index is 0.0416. The summed E-state index contributed by atoms with van der Waals surface area (Å²) in [6, 6.07) is 19.0. The van der Waals surface area contributed by atoms with Gasteiger partial charge in [0, 0.05) is 43.9 Å². The second-order valence-corrected chi connectivity index (χ2v) is 8.75. The Labute approximate surface area is 172 Å². The molecular weight excluding hydrogens is 360 g/mol. The van der Waals surface area contributed by atoms with Crippen molar-refractivity contribution in [3.8, 4) is 0 Å². The van der Waals surface area contributed by atoms with Crippen LogP contribution in [0.1, 0.15) is 48.3 Å². The molecule has 2 fully saturated rings. The Hall–Kier alpha value is -2.62. The molecule has 2 aromatic rings. The third kappa shape index (κ3) is 3.68. The number of carbonyl (C=O) groups excluding carboxylic acids is 2. The lowest BCUT2D eigenvalue weighted by Crippen LogP contribution is -2.46. The van der Waals surface area contributed by atoms with Crippen LogP contribution in [0.25, 0.3) is 0 Å². The van der Waals surface area contributed by atoms with Crippen molar-refractivity contribution in [2.45, 2.75) is 38.1 Å². The quantitative estimate of drug-likeness (QED) is 0.802. The highest BCUT2D eigenvalue weighted by molar-refractivity contribution is 5.82. The Bertz CT molecular complexity index is 898. The highest BCUT2D eigenvalue weighted by atomic mass is 16.2. The summed E-state index contributed by atoms with van der Waals surface area (Å²) in [4.78, 5) is 29.7. The number of likely N-dealkylation sites (tertiary alicyclic amines) is 1. The minimum Gasteiger partial charge on any atom is -0.342 e. The molecule has 2 aromatic carbocycles. The van der Waals surface area contributed by atoms with Crippen LogP contribution < -0.4 is 0 Å². The third-order valence-corrected chi connectivity index (χ3v) is 6.79. The molecule has 1 saturated carbocycles. The normalized spacial score (nSPS) is 22.3. The zero-order chi connectivity index (χ0) is 19.8. The predicted molar refractivity (Wildman–Crippen MR) is 112 cm³/mol. The molecule has 0 N–H and O–H groups in total. The van der Waals surface area contributed by atoms with E-state index in [4.69, 9.17) is 0 Å². The van der Waals surface area contributed by atoms with Crippen LogP contribution in [0.5, 0.6) is 0 Å². The summed E-state index contributed by atoms with van der Waals surface area (Å²) in [5.41, 5.74) is 3.86. The van der Waals surface area contributed by atoms with E-state index >= 15 is 0 Å². The molecule has 150 valence electrons. The monoisotopic (exact) mass is 388 g/mol. The fourth-order valence-corrected chi connectivity index (χ4v) is 4.94. The van der Waals surface area contributed by atoms with Crippen molar-refractivity contribution in [2.24, 2.45) is 11.8 Å². The number of benzene rings is 2. The highest BCUT2D eigenvalue weighted by Gasteiger charge is 2.38. The SMILES string of the molecule is O=C(C1CC1)N1CCC(C(=O)N2Cc3ccccc3C(c3ccccc3)C2)CC1. The second kappa shape index (κ2) is 7.66. The van der Waals surface area contributed by atoms with Gasteiger partial charge in [-0.25, -0.2) is 0 Å². The average Bonchev–Trinajstić information content (AvgIpc) is 3.63. The number of fused-ring (bicyclic) bond motifs is 1. The molecule has 3 aliphatic rings. The van der Waals surface area contributed by atoms with E-state index in [0.29, 0.717) is 12.5 Å². The van der Waals surface area contributed by atoms with E-state index < -0.39 is 0 Å². The molecule has 4 heteroatoms. The first kappa shape index (κ1) is 18.4. The Kier molecular flexibility index (Phi) is 4.86. The van der Waals surface area contributed by atoms with Gasteiger partial charge in [0.2, 0.25) is 11.8 Å². The molecular formula is C25H28N2O2. The summed E-state index contributed by atoms with van der Waals surface area (Å²) < 4.78 is 0. The fraction of sp³-hybridized carbons (Fsp3) is 0.440. The molecule has 0 radical (unpaired) electrons. The standard InChI is InChI=1S/C25H28N2O2/c28-24(19-10-11-19)26-14-12-20(13-15-26)25(29)27-16-21-8-4-5-9-22(21)23(17-27)18-6-2-1-3-7-18/h1-9,19-20,23H,10-17H2. The van der Waals surface area contributed by atoms with Gasteiger partial charge in [-0.15, -0.1) is 0 Å². The van der Waals surface area contributed by atoms with E-state index in [1.54, 1.807) is 0 Å². The zero-order valence-electron chi connectivity index (χ0n) is 16.8. The van der Waals surface area contributed by atoms with Gasteiger partial charge in [0.1, 0.15) is 0 Å². The second-order valence-electron chi connectivity index (χ2n) is 8.75. The number of hydrogen-bond donors (Lipinski definition) is 0. The van der Waals surface area contributed by atoms with Gasteiger partial charge in [-0.1, -0.05) is 54.6 Å². The highest BCUT2D eigenvalue weighted by Crippen LogP contribution is 2.36. The first-order valence-corrected chi connectivity index (χ1v) is 10.9. The van der Waals surface area contributed by atoms with Crippen LogP contribution in [0, 0.1) is 11.8 Å². The molecule has 1 saturated heterocycles. The summed E-state index contributed by atoms with van der Waals surface area (Å²) in [6.45, 7) is 2.90. The smallest absolute Gasteiger partial charge is 0.226 e. The van der Waals surface area contributed by atoms with E-state index in [0.717, 1.165) is 45.3 Å². The van der Waals surface area contributed by atoms with Crippen molar-refractivity contribution < 1.29 is 9.59 Å². The lowest BCUT2D eigenvalue weighted by atomic mass is 9.83. The van der Waals surface area contributed by atoms with Crippen LogP contribution in [0.15, 0.2) is 54.6 Å². The van der Waals surface area contributed by atoms with Crippen molar-refractivity contribution in [3.63, 3.8) is 0 Å². The van der Waals surface area contributed by atoms with E-state index in [2.05, 4.69) is 53.4 Å². The molecule has 2 amide bonds. The summed E-state index contributed by atoms with van der Waals surface area (Å²) >= 11 is 0. The topological polar surface area (TPSA) is 40.6 Å². The van der Waals surface area contributed by atoms with Gasteiger partial charge >= 0.3 is 0 Å². The average molecular weight is 389 g/mol. The molecule has 29 heavy (non-hydrogen) atoms. The number of rotatable bonds is 3. The molecule has 2 heterocycles. The van der Waals surface area contributed by atoms with Crippen LogP contribution in [0.4, 0.5) is 0 Å². The van der Waals surface area contributed by atoms with Crippen LogP contribution in [-0.4, -0.2) is 41.2 Å². The third-order valence-electron chi connectivity index (χ3n) is 6.79. The molecule has 0 spiro atoms. The Balaban J connectivity index is 1.31. The molecule has 1 unspecified atom stereocenters. The summed E-state index contributed by atoms with van der Waals surface area (Å²) in [7, 11) is 0. The molecule has 0 bridgehead atoms. The van der Waals surface area contributed by atoms with Crippen LogP contribution >= 0.6 is 0 Å². The maximum Gasteiger partial charge on any atom is 0.226 e. The summed E-state index contributed by atoms with van der Waals surface area (Å²) in [6.07, 6.45) is 3.69. The van der Waals surface area contributed by atoms with E-state index in [9.17, 15) is 9.59 Å². The molecule has 4 nitrogen and oxygen atoms in total. The van der Waals surface area contributed by atoms with Gasteiger partial charge in [-0.3, -0.25) is 9.59 Å². The van der Waals surface area contributed by atoms with E-state index in [-0.39, 0.29) is 23.7 Å². The Morgan fingerprint density at radius 3 is 2.07 bits per heavy atom. The number of amides is 2. The number of nitrogens with zero attached hydrogens (tertiary/aromatic N) is 2. The molecule has 5 rings (SSSR count). The summed E-state index contributed by atoms with van der Waals surface area (Å²) in [5, 5.41) is 0. The van der Waals surface area contributed by atoms with E-state index in [1.165, 1.54) is 16.7 Å². The van der Waals surface area contributed by atoms with Gasteiger partial charge in [-0.2, -0.15) is 0 Å². The van der Waals surface area contributed by atoms with E-state index in [1.807, 2.05) is 11.0 Å². The minimum absolute atomic E-state index is 0.0416. The van der Waals surface area contributed by atoms with Gasteiger partial charge in [0.05, 0.1) is 0 Å². The Morgan fingerprint density at radius 2 is 1.34 bits per heavy atom. The van der Waals surface area contributed by atoms with Crippen molar-refractivity contribution in [2.75, 3.05) is 19.6 Å². The molecule has 0 aromatic heterocycles. The number of hydrogen-bond acceptors (Lipinski definition) is 2. The van der Waals surface area contributed by atoms with Crippen molar-refractivity contribution in [1.29, 1.82) is 0 Å². The predicted octanol–water partition coefficient (Wildman–Crippen LogP) is 3.81. The fourth-order valence-electron chi connectivity index (χ4n) is 4.94. The molecule has 1 aliphatic carbocycles. The maximum absolute atomic E-state index is 13.4. The largest absolute Gasteiger partial charge is 0.342 e. The zero-order valence-corrected chi connectivity index (χ0v) is 16.8. The van der Waals surface area contributed by atoms with Gasteiger partial charge in [0.25, 0.3) is 0 Å². The first-order valence-electron chi connectivity index (χ1n) is 10.9. The van der Waals surface area contributed by atoms with Crippen LogP contribution in [0.2, 0.25) is 0 Å². The Morgan fingerprint density at radius 1 is 0.724 bits per heavy atom. The molecule has 1 atom stereocenters. The van der Waals surface area contributed by atoms with Crippen molar-refractivity contribution >= 4 is 11.8 Å². The van der Waals surface area contributed by atoms with Crippen LogP contribution in [0.3, 0.4) is 0 Å². The van der Waals surface area contributed by atoms with Crippen molar-refractivity contribution in [1.82, 2.24) is 9.80 Å². The lowest BCUT2D eigenvalue weighted by molar-refractivity contribution is -0.142. The van der Waals surface area contributed by atoms with Crippen molar-refractivity contribution in [3.05, 3.63) is 71.3 Å². The lowest BCUT2D eigenvalue weighted by Gasteiger charge is -2.39. The maximum atomic E-state index is 13.4.